The molecule has 3 nitrogen and oxygen atoms in total. The molecule has 0 saturated heterocycles. The van der Waals surface area contributed by atoms with Crippen LogP contribution in [0.4, 0.5) is 0 Å². The maximum absolute atomic E-state index is 11.4. The third-order valence-electron chi connectivity index (χ3n) is 4.89. The smallest absolute Gasteiger partial charge is 0.308 e. The molecule has 1 N–H and O–H groups in total. The summed E-state index contributed by atoms with van der Waals surface area (Å²) in [7, 11) is 0. The van der Waals surface area contributed by atoms with Crippen molar-refractivity contribution in [2.45, 2.75) is 73.3 Å². The first-order valence-electron chi connectivity index (χ1n) is 9.85. The average Bonchev–Trinajstić information content (AvgIpc) is 2.53. The van der Waals surface area contributed by atoms with Crippen molar-refractivity contribution in [1.29, 1.82) is 0 Å². The molecule has 3 heteroatoms. The van der Waals surface area contributed by atoms with Gasteiger partial charge in [-0.25, -0.2) is 0 Å². The Kier molecular flexibility index (Phi) is 9.51. The van der Waals surface area contributed by atoms with Crippen LogP contribution in [0.15, 0.2) is 58.7 Å². The molecule has 150 valence electrons. The third-order valence-corrected chi connectivity index (χ3v) is 4.89. The predicted octanol–water partition coefficient (Wildman–Crippen LogP) is 5.83. The third kappa shape index (κ3) is 9.05. The molecule has 0 bridgehead atoms. The van der Waals surface area contributed by atoms with Gasteiger partial charge in [0.25, 0.3) is 0 Å². The van der Waals surface area contributed by atoms with E-state index in [1.165, 1.54) is 36.0 Å². The molecule has 0 unspecified atom stereocenters. The second-order valence-electron chi connectivity index (χ2n) is 8.22. The SMILES string of the molecule is CC1=C(/C=C/C(C)=C/C=C/C(C)=C/COC(=O)C[C@@H](C)O)C(C)(C)CCC1. The molecule has 0 saturated carbocycles. The molecule has 0 aromatic heterocycles. The summed E-state index contributed by atoms with van der Waals surface area (Å²) < 4.78 is 5.05. The van der Waals surface area contributed by atoms with Crippen LogP contribution in [0.1, 0.15) is 67.2 Å². The topological polar surface area (TPSA) is 46.5 Å². The van der Waals surface area contributed by atoms with Gasteiger partial charge in [0.2, 0.25) is 0 Å². The predicted molar refractivity (Wildman–Crippen MR) is 113 cm³/mol. The summed E-state index contributed by atoms with van der Waals surface area (Å²) in [6.45, 7) is 12.8. The highest BCUT2D eigenvalue weighted by Crippen LogP contribution is 2.40. The molecule has 0 radical (unpaired) electrons. The lowest BCUT2D eigenvalue weighted by Gasteiger charge is -2.32. The Labute approximate surface area is 165 Å². The zero-order valence-electron chi connectivity index (χ0n) is 17.8. The Morgan fingerprint density at radius 1 is 1.26 bits per heavy atom. The van der Waals surface area contributed by atoms with E-state index in [0.717, 1.165) is 5.57 Å². The van der Waals surface area contributed by atoms with Gasteiger partial charge >= 0.3 is 5.97 Å². The lowest BCUT2D eigenvalue weighted by Crippen LogP contribution is -2.19. The summed E-state index contributed by atoms with van der Waals surface area (Å²) in [6.07, 6.45) is 15.5. The number of hydrogen-bond acceptors (Lipinski definition) is 3. The molecule has 0 amide bonds. The maximum atomic E-state index is 11.4. The molecule has 0 aromatic rings. The number of aliphatic hydroxyl groups excluding tert-OH is 1. The van der Waals surface area contributed by atoms with Gasteiger partial charge < -0.3 is 9.84 Å². The van der Waals surface area contributed by atoms with E-state index in [1.54, 1.807) is 6.92 Å². The quantitative estimate of drug-likeness (QED) is 0.430. The van der Waals surface area contributed by atoms with Crippen LogP contribution in [0.5, 0.6) is 0 Å². The Bertz CT molecular complexity index is 655. The first-order valence-corrected chi connectivity index (χ1v) is 9.85. The van der Waals surface area contributed by atoms with Crippen molar-refractivity contribution in [3.05, 3.63) is 58.7 Å². The highest BCUT2D eigenvalue weighted by atomic mass is 16.5. The summed E-state index contributed by atoms with van der Waals surface area (Å²) in [4.78, 5) is 11.4. The van der Waals surface area contributed by atoms with Crippen molar-refractivity contribution in [2.24, 2.45) is 5.41 Å². The van der Waals surface area contributed by atoms with Crippen molar-refractivity contribution >= 4 is 5.97 Å². The highest BCUT2D eigenvalue weighted by molar-refractivity contribution is 5.69. The lowest BCUT2D eigenvalue weighted by atomic mass is 9.72. The van der Waals surface area contributed by atoms with E-state index in [-0.39, 0.29) is 24.4 Å². The van der Waals surface area contributed by atoms with Gasteiger partial charge in [-0.2, -0.15) is 0 Å². The summed E-state index contributed by atoms with van der Waals surface area (Å²) >= 11 is 0. The normalized spacial score (nSPS) is 19.8. The maximum Gasteiger partial charge on any atom is 0.308 e. The minimum atomic E-state index is -0.664. The number of esters is 1. The van der Waals surface area contributed by atoms with Crippen LogP contribution in [0.2, 0.25) is 0 Å². The second-order valence-corrected chi connectivity index (χ2v) is 8.22. The molecule has 1 aliphatic carbocycles. The van der Waals surface area contributed by atoms with Gasteiger partial charge in [0.15, 0.2) is 0 Å². The van der Waals surface area contributed by atoms with Gasteiger partial charge in [-0.1, -0.05) is 60.9 Å². The Morgan fingerprint density at radius 2 is 1.96 bits per heavy atom. The molecule has 1 aliphatic rings. The van der Waals surface area contributed by atoms with E-state index in [2.05, 4.69) is 45.9 Å². The minimum Gasteiger partial charge on any atom is -0.461 e. The van der Waals surface area contributed by atoms with Crippen LogP contribution >= 0.6 is 0 Å². The molecule has 0 fully saturated rings. The van der Waals surface area contributed by atoms with E-state index in [0.29, 0.717) is 0 Å². The Balaban J connectivity index is 2.57. The summed E-state index contributed by atoms with van der Waals surface area (Å²) in [5, 5.41) is 9.13. The van der Waals surface area contributed by atoms with Crippen LogP contribution in [-0.2, 0) is 9.53 Å². The lowest BCUT2D eigenvalue weighted by molar-refractivity contribution is -0.144. The molecule has 0 aromatic carbocycles. The molecular formula is C24H36O3. The van der Waals surface area contributed by atoms with Crippen LogP contribution in [0.25, 0.3) is 0 Å². The fourth-order valence-electron chi connectivity index (χ4n) is 3.27. The summed E-state index contributed by atoms with van der Waals surface area (Å²) in [5.74, 6) is -0.380. The molecule has 0 aliphatic heterocycles. The van der Waals surface area contributed by atoms with Crippen molar-refractivity contribution in [1.82, 2.24) is 0 Å². The molecule has 27 heavy (non-hydrogen) atoms. The van der Waals surface area contributed by atoms with Gasteiger partial charge in [-0.05, 0) is 64.0 Å². The largest absolute Gasteiger partial charge is 0.461 e. The standard InChI is InChI=1S/C24H36O3/c1-18(12-13-22-20(3)11-8-15-24(22,5)6)9-7-10-19(2)14-16-27-23(26)17-21(4)25/h7,9-10,12-14,21,25H,8,11,15-17H2,1-6H3/b10-7+,13-12+,18-9+,19-14+/t21-/m1/s1. The van der Waals surface area contributed by atoms with Gasteiger partial charge in [-0.3, -0.25) is 4.79 Å². The number of aliphatic hydroxyl groups is 1. The minimum absolute atomic E-state index is 0.0315. The second kappa shape index (κ2) is 11.1. The number of carbonyl (C=O) groups is 1. The van der Waals surface area contributed by atoms with Gasteiger partial charge in [0.1, 0.15) is 6.61 Å². The van der Waals surface area contributed by atoms with Crippen LogP contribution in [0.3, 0.4) is 0 Å². The summed E-state index contributed by atoms with van der Waals surface area (Å²) in [6, 6.07) is 0. The van der Waals surface area contributed by atoms with Crippen molar-refractivity contribution in [3.8, 4) is 0 Å². The number of carbonyl (C=O) groups excluding carboxylic acids is 1. The van der Waals surface area contributed by atoms with E-state index in [9.17, 15) is 4.79 Å². The number of hydrogen-bond donors (Lipinski definition) is 1. The van der Waals surface area contributed by atoms with E-state index in [1.807, 2.05) is 25.2 Å². The molecule has 0 spiro atoms. The van der Waals surface area contributed by atoms with Crippen molar-refractivity contribution in [2.75, 3.05) is 6.61 Å². The highest BCUT2D eigenvalue weighted by Gasteiger charge is 2.26. The number of ether oxygens (including phenoxy) is 1. The fourth-order valence-corrected chi connectivity index (χ4v) is 3.27. The fraction of sp³-hybridized carbons (Fsp3) is 0.542. The summed E-state index contributed by atoms with van der Waals surface area (Å²) in [5.41, 5.74) is 5.47. The van der Waals surface area contributed by atoms with Gasteiger partial charge in [0.05, 0.1) is 12.5 Å². The van der Waals surface area contributed by atoms with Crippen LogP contribution in [0, 0.1) is 5.41 Å². The Hall–Kier alpha value is -1.87. The molecule has 1 atom stereocenters. The average molecular weight is 373 g/mol. The van der Waals surface area contributed by atoms with E-state index < -0.39 is 6.10 Å². The van der Waals surface area contributed by atoms with E-state index >= 15 is 0 Å². The first-order chi connectivity index (χ1) is 12.6. The first kappa shape index (κ1) is 23.2. The van der Waals surface area contributed by atoms with Crippen LogP contribution < -0.4 is 0 Å². The van der Waals surface area contributed by atoms with Gasteiger partial charge in [0, 0.05) is 0 Å². The monoisotopic (exact) mass is 372 g/mol. The zero-order chi connectivity index (χ0) is 20.4. The van der Waals surface area contributed by atoms with Crippen LogP contribution in [-0.4, -0.2) is 23.8 Å². The zero-order valence-corrected chi connectivity index (χ0v) is 17.8. The van der Waals surface area contributed by atoms with E-state index in [4.69, 9.17) is 9.84 Å². The van der Waals surface area contributed by atoms with Gasteiger partial charge in [-0.15, -0.1) is 0 Å². The number of allylic oxidation sites excluding steroid dienone is 9. The Morgan fingerprint density at radius 3 is 2.59 bits per heavy atom. The molecule has 1 rings (SSSR count). The molecular weight excluding hydrogens is 336 g/mol. The number of rotatable bonds is 8. The van der Waals surface area contributed by atoms with Crippen molar-refractivity contribution < 1.29 is 14.6 Å². The molecule has 0 heterocycles. The van der Waals surface area contributed by atoms with Crippen molar-refractivity contribution in [3.63, 3.8) is 0 Å².